The maximum atomic E-state index is 14.4. The summed E-state index contributed by atoms with van der Waals surface area (Å²) < 4.78 is 29.4. The second-order valence-corrected chi connectivity index (χ2v) is 5.65. The van der Waals surface area contributed by atoms with Crippen LogP contribution in [-0.2, 0) is 6.61 Å². The van der Waals surface area contributed by atoms with Crippen LogP contribution in [0.25, 0.3) is 28.3 Å². The lowest BCUT2D eigenvalue weighted by molar-refractivity contribution is 0.282. The minimum Gasteiger partial charge on any atom is -0.392 e. The van der Waals surface area contributed by atoms with E-state index in [1.807, 2.05) is 0 Å². The highest BCUT2D eigenvalue weighted by molar-refractivity contribution is 5.81. The van der Waals surface area contributed by atoms with Crippen molar-refractivity contribution in [2.75, 3.05) is 5.73 Å². The van der Waals surface area contributed by atoms with E-state index in [1.165, 1.54) is 18.3 Å². The van der Waals surface area contributed by atoms with Gasteiger partial charge in [0.1, 0.15) is 23.0 Å². The summed E-state index contributed by atoms with van der Waals surface area (Å²) >= 11 is 0. The summed E-state index contributed by atoms with van der Waals surface area (Å²) in [5.74, 6) is -1.35. The van der Waals surface area contributed by atoms with Gasteiger partial charge in [0.05, 0.1) is 18.0 Å². The first-order valence-electron chi connectivity index (χ1n) is 7.73. The normalized spacial score (nSPS) is 11.2. The van der Waals surface area contributed by atoms with Crippen LogP contribution in [0.4, 0.5) is 14.7 Å². The lowest BCUT2D eigenvalue weighted by atomic mass is 10.1. The second kappa shape index (κ2) is 6.16. The molecular weight excluding hydrogens is 340 g/mol. The smallest absolute Gasteiger partial charge is 0.220 e. The largest absolute Gasteiger partial charge is 0.392 e. The summed E-state index contributed by atoms with van der Waals surface area (Å²) in [7, 11) is 0. The van der Waals surface area contributed by atoms with Crippen LogP contribution < -0.4 is 5.73 Å². The Morgan fingerprint density at radius 3 is 2.65 bits per heavy atom. The molecule has 0 spiro atoms. The monoisotopic (exact) mass is 353 g/mol. The van der Waals surface area contributed by atoms with Gasteiger partial charge in [-0.15, -0.1) is 0 Å². The fourth-order valence-corrected chi connectivity index (χ4v) is 2.80. The van der Waals surface area contributed by atoms with E-state index in [4.69, 9.17) is 5.73 Å². The molecule has 26 heavy (non-hydrogen) atoms. The van der Waals surface area contributed by atoms with E-state index < -0.39 is 11.6 Å². The molecule has 0 aliphatic rings. The number of imidazole rings is 1. The first kappa shape index (κ1) is 16.1. The van der Waals surface area contributed by atoms with Crippen LogP contribution in [0.1, 0.15) is 5.56 Å². The number of aromatic nitrogens is 4. The first-order chi connectivity index (χ1) is 12.6. The minimum atomic E-state index is -0.737. The van der Waals surface area contributed by atoms with E-state index in [-0.39, 0.29) is 23.8 Å². The van der Waals surface area contributed by atoms with E-state index in [0.29, 0.717) is 22.6 Å². The Morgan fingerprint density at radius 2 is 1.92 bits per heavy atom. The van der Waals surface area contributed by atoms with Gasteiger partial charge in [-0.2, -0.15) is 0 Å². The number of aliphatic hydroxyl groups excluding tert-OH is 1. The number of nitrogen functional groups attached to an aromatic ring is 1. The molecule has 4 aromatic rings. The zero-order valence-electron chi connectivity index (χ0n) is 13.4. The van der Waals surface area contributed by atoms with Gasteiger partial charge in [-0.3, -0.25) is 4.40 Å². The van der Waals surface area contributed by atoms with Crippen molar-refractivity contribution >= 4 is 11.6 Å². The average molecular weight is 353 g/mol. The van der Waals surface area contributed by atoms with Crippen LogP contribution in [0, 0.1) is 11.6 Å². The quantitative estimate of drug-likeness (QED) is 0.591. The van der Waals surface area contributed by atoms with Crippen LogP contribution in [0.5, 0.6) is 0 Å². The number of nitrogens with two attached hydrogens (primary N) is 1. The van der Waals surface area contributed by atoms with E-state index in [0.717, 1.165) is 6.07 Å². The van der Waals surface area contributed by atoms with Crippen molar-refractivity contribution in [3.63, 3.8) is 0 Å². The molecule has 1 aromatic carbocycles. The fraction of sp³-hybridized carbons (Fsp3) is 0.0556. The fourth-order valence-electron chi connectivity index (χ4n) is 2.80. The lowest BCUT2D eigenvalue weighted by Crippen LogP contribution is -1.99. The highest BCUT2D eigenvalue weighted by atomic mass is 19.1. The van der Waals surface area contributed by atoms with Crippen molar-refractivity contribution in [1.82, 2.24) is 19.4 Å². The number of hydrogen-bond donors (Lipinski definition) is 2. The van der Waals surface area contributed by atoms with Crippen molar-refractivity contribution in [2.45, 2.75) is 6.61 Å². The van der Waals surface area contributed by atoms with Gasteiger partial charge in [0, 0.05) is 24.0 Å². The highest BCUT2D eigenvalue weighted by Gasteiger charge is 2.20. The Balaban J connectivity index is 2.06. The van der Waals surface area contributed by atoms with Crippen LogP contribution in [-0.4, -0.2) is 24.5 Å². The first-order valence-corrected chi connectivity index (χ1v) is 7.73. The molecule has 3 N–H and O–H groups in total. The number of aliphatic hydroxyl groups is 1. The predicted octanol–water partition coefficient (Wildman–Crippen LogP) is 2.81. The SMILES string of the molecule is Nc1nccc(-c2c(-c3ccc(F)cc3F)nc3cc(CO)ccn23)n1. The summed E-state index contributed by atoms with van der Waals surface area (Å²) in [5.41, 5.74) is 8.18. The van der Waals surface area contributed by atoms with E-state index >= 15 is 0 Å². The number of hydrogen-bond acceptors (Lipinski definition) is 5. The second-order valence-electron chi connectivity index (χ2n) is 5.65. The van der Waals surface area contributed by atoms with Crippen LogP contribution >= 0.6 is 0 Å². The number of fused-ring (bicyclic) bond motifs is 1. The molecule has 8 heteroatoms. The molecular formula is C18H13F2N5O. The number of pyridine rings is 1. The molecule has 0 aliphatic heterocycles. The van der Waals surface area contributed by atoms with Gasteiger partial charge in [-0.05, 0) is 35.9 Å². The zero-order valence-corrected chi connectivity index (χ0v) is 13.4. The molecule has 0 radical (unpaired) electrons. The molecule has 0 unspecified atom stereocenters. The Morgan fingerprint density at radius 1 is 1.08 bits per heavy atom. The summed E-state index contributed by atoms with van der Waals surface area (Å²) in [6, 6.07) is 8.32. The Bertz CT molecular complexity index is 1130. The molecule has 0 saturated carbocycles. The maximum Gasteiger partial charge on any atom is 0.220 e. The third-order valence-electron chi connectivity index (χ3n) is 3.98. The average Bonchev–Trinajstić information content (AvgIpc) is 2.99. The van der Waals surface area contributed by atoms with Crippen LogP contribution in [0.15, 0.2) is 48.8 Å². The molecule has 4 rings (SSSR count). The van der Waals surface area contributed by atoms with Crippen molar-refractivity contribution in [3.8, 4) is 22.6 Å². The van der Waals surface area contributed by atoms with Crippen molar-refractivity contribution in [3.05, 3.63) is 66.0 Å². The molecule has 0 aliphatic carbocycles. The van der Waals surface area contributed by atoms with Crippen molar-refractivity contribution in [1.29, 1.82) is 0 Å². The highest BCUT2D eigenvalue weighted by Crippen LogP contribution is 2.33. The molecule has 3 aromatic heterocycles. The summed E-state index contributed by atoms with van der Waals surface area (Å²) in [6.45, 7) is -0.153. The summed E-state index contributed by atoms with van der Waals surface area (Å²) in [5, 5.41) is 9.34. The molecule has 0 bridgehead atoms. The molecule has 130 valence electrons. The van der Waals surface area contributed by atoms with Crippen LogP contribution in [0.2, 0.25) is 0 Å². The Labute approximate surface area is 146 Å². The van der Waals surface area contributed by atoms with Gasteiger partial charge in [0.15, 0.2) is 0 Å². The zero-order chi connectivity index (χ0) is 18.3. The predicted molar refractivity (Wildman–Crippen MR) is 91.9 cm³/mol. The maximum absolute atomic E-state index is 14.4. The topological polar surface area (TPSA) is 89.3 Å². The summed E-state index contributed by atoms with van der Waals surface area (Å²) in [4.78, 5) is 12.5. The van der Waals surface area contributed by atoms with Gasteiger partial charge < -0.3 is 10.8 Å². The van der Waals surface area contributed by atoms with Gasteiger partial charge in [-0.1, -0.05) is 0 Å². The molecule has 0 amide bonds. The standard InChI is InChI=1S/C18H13F2N5O/c19-11-1-2-12(13(20)8-11)16-17(14-3-5-22-18(21)23-14)25-6-4-10(9-26)7-15(25)24-16/h1-8,26H,9H2,(H2,21,22,23). The Hall–Kier alpha value is -3.39. The van der Waals surface area contributed by atoms with Crippen LogP contribution in [0.3, 0.4) is 0 Å². The van der Waals surface area contributed by atoms with Crippen molar-refractivity contribution < 1.29 is 13.9 Å². The van der Waals surface area contributed by atoms with E-state index in [1.54, 1.807) is 28.8 Å². The number of benzene rings is 1. The van der Waals surface area contributed by atoms with Crippen molar-refractivity contribution in [2.24, 2.45) is 0 Å². The minimum absolute atomic E-state index is 0.0648. The summed E-state index contributed by atoms with van der Waals surface area (Å²) in [6.07, 6.45) is 3.19. The van der Waals surface area contributed by atoms with Gasteiger partial charge in [0.2, 0.25) is 5.95 Å². The third-order valence-corrected chi connectivity index (χ3v) is 3.98. The number of nitrogens with zero attached hydrogens (tertiary/aromatic N) is 4. The number of rotatable bonds is 3. The number of anilines is 1. The van der Waals surface area contributed by atoms with Gasteiger partial charge in [-0.25, -0.2) is 23.7 Å². The van der Waals surface area contributed by atoms with Gasteiger partial charge in [0.25, 0.3) is 0 Å². The third kappa shape index (κ3) is 2.66. The van der Waals surface area contributed by atoms with E-state index in [2.05, 4.69) is 15.0 Å². The number of halogens is 2. The van der Waals surface area contributed by atoms with Gasteiger partial charge >= 0.3 is 0 Å². The molecule has 6 nitrogen and oxygen atoms in total. The molecule has 0 fully saturated rings. The lowest BCUT2D eigenvalue weighted by Gasteiger charge is -2.07. The molecule has 0 atom stereocenters. The Kier molecular flexibility index (Phi) is 3.81. The molecule has 0 saturated heterocycles. The molecule has 3 heterocycles. The van der Waals surface area contributed by atoms with E-state index in [9.17, 15) is 13.9 Å².